The summed E-state index contributed by atoms with van der Waals surface area (Å²) in [5.41, 5.74) is 2.33. The molecule has 0 unspecified atom stereocenters. The molecule has 0 radical (unpaired) electrons. The van der Waals surface area contributed by atoms with Crippen LogP contribution in [0.2, 0.25) is 0 Å². The number of aliphatic imine (C=N–C) groups is 1. The quantitative estimate of drug-likeness (QED) is 0.745. The molecule has 3 rings (SSSR count). The van der Waals surface area contributed by atoms with Gasteiger partial charge in [0.1, 0.15) is 6.10 Å². The van der Waals surface area contributed by atoms with Crippen LogP contribution < -0.4 is 0 Å². The van der Waals surface area contributed by atoms with Crippen molar-refractivity contribution in [3.8, 4) is 0 Å². The molecule has 0 bridgehead atoms. The van der Waals surface area contributed by atoms with Gasteiger partial charge in [-0.3, -0.25) is 0 Å². The lowest BCUT2D eigenvalue weighted by molar-refractivity contribution is 0.180. The Hall–Kier alpha value is -1.87. The third-order valence-corrected chi connectivity index (χ3v) is 4.49. The summed E-state index contributed by atoms with van der Waals surface area (Å²) in [6, 6.07) is 20.5. The van der Waals surface area contributed by atoms with Gasteiger partial charge in [-0.1, -0.05) is 88.7 Å². The van der Waals surface area contributed by atoms with Crippen LogP contribution in [0.4, 0.5) is 0 Å². The van der Waals surface area contributed by atoms with E-state index in [4.69, 9.17) is 4.74 Å². The highest BCUT2D eigenvalue weighted by atomic mass is 79.9. The summed E-state index contributed by atoms with van der Waals surface area (Å²) in [7, 11) is 0. The second-order valence-corrected chi connectivity index (χ2v) is 5.98. The highest BCUT2D eigenvalue weighted by Crippen LogP contribution is 2.32. The van der Waals surface area contributed by atoms with Crippen LogP contribution in [0.25, 0.3) is 6.08 Å². The normalized spacial score (nSPS) is 24.9. The van der Waals surface area contributed by atoms with Crippen molar-refractivity contribution in [3.63, 3.8) is 0 Å². The molecule has 2 nitrogen and oxygen atoms in total. The first-order valence-electron chi connectivity index (χ1n) is 6.94. The van der Waals surface area contributed by atoms with E-state index in [1.807, 2.05) is 36.4 Å². The van der Waals surface area contributed by atoms with Crippen molar-refractivity contribution in [1.82, 2.24) is 0 Å². The molecule has 0 N–H and O–H groups in total. The van der Waals surface area contributed by atoms with Crippen LogP contribution in [0.3, 0.4) is 0 Å². The van der Waals surface area contributed by atoms with Crippen molar-refractivity contribution in [3.05, 3.63) is 77.9 Å². The summed E-state index contributed by atoms with van der Waals surface area (Å²) in [6.45, 7) is 0. The minimum atomic E-state index is -0.0193. The largest absolute Gasteiger partial charge is 0.474 e. The van der Waals surface area contributed by atoms with Crippen molar-refractivity contribution < 1.29 is 4.74 Å². The van der Waals surface area contributed by atoms with Crippen LogP contribution in [-0.4, -0.2) is 17.3 Å². The van der Waals surface area contributed by atoms with Gasteiger partial charge >= 0.3 is 0 Å². The molecular weight excluding hydrogens is 326 g/mol. The number of alkyl halides is 1. The highest BCUT2D eigenvalue weighted by molar-refractivity contribution is 9.09. The molecule has 0 spiro atoms. The topological polar surface area (TPSA) is 21.6 Å². The maximum Gasteiger partial charge on any atom is 0.171 e. The predicted molar refractivity (Wildman–Crippen MR) is 90.7 cm³/mol. The molecule has 0 saturated carbocycles. The van der Waals surface area contributed by atoms with Crippen molar-refractivity contribution in [2.45, 2.75) is 17.0 Å². The summed E-state index contributed by atoms with van der Waals surface area (Å²) >= 11 is 3.74. The molecule has 3 heteroatoms. The highest BCUT2D eigenvalue weighted by Gasteiger charge is 2.30. The number of halogens is 1. The Morgan fingerprint density at radius 3 is 2.33 bits per heavy atom. The lowest BCUT2D eigenvalue weighted by Crippen LogP contribution is -2.30. The zero-order valence-electron chi connectivity index (χ0n) is 11.5. The van der Waals surface area contributed by atoms with Crippen molar-refractivity contribution in [1.29, 1.82) is 0 Å². The fourth-order valence-electron chi connectivity index (χ4n) is 2.34. The molecule has 0 amide bonds. The number of hydrogen-bond acceptors (Lipinski definition) is 2. The SMILES string of the molecule is Br[C@H]1[C@H](/C=C/c2ccccc2)N=CO[C@@H]1c1ccccc1. The summed E-state index contributed by atoms with van der Waals surface area (Å²) in [5.74, 6) is 0. The molecule has 1 aliphatic rings. The van der Waals surface area contributed by atoms with E-state index >= 15 is 0 Å². The summed E-state index contributed by atoms with van der Waals surface area (Å²) < 4.78 is 5.69. The van der Waals surface area contributed by atoms with E-state index < -0.39 is 0 Å². The van der Waals surface area contributed by atoms with Crippen LogP contribution in [0, 0.1) is 0 Å². The molecule has 0 aliphatic carbocycles. The van der Waals surface area contributed by atoms with Gasteiger partial charge < -0.3 is 4.74 Å². The Labute approximate surface area is 133 Å². The van der Waals surface area contributed by atoms with Gasteiger partial charge in [0, 0.05) is 0 Å². The minimum absolute atomic E-state index is 0.0193. The monoisotopic (exact) mass is 341 g/mol. The fraction of sp³-hybridized carbons (Fsp3) is 0.167. The van der Waals surface area contributed by atoms with E-state index in [0.717, 1.165) is 5.56 Å². The Morgan fingerprint density at radius 1 is 0.952 bits per heavy atom. The summed E-state index contributed by atoms with van der Waals surface area (Å²) in [4.78, 5) is 4.54. The van der Waals surface area contributed by atoms with Gasteiger partial charge in [0.15, 0.2) is 6.40 Å². The van der Waals surface area contributed by atoms with Crippen molar-refractivity contribution >= 4 is 28.4 Å². The van der Waals surface area contributed by atoms with Gasteiger partial charge in [-0.25, -0.2) is 4.99 Å². The van der Waals surface area contributed by atoms with Gasteiger partial charge in [-0.05, 0) is 11.1 Å². The third kappa shape index (κ3) is 3.42. The fourth-order valence-corrected chi connectivity index (χ4v) is 3.08. The van der Waals surface area contributed by atoms with Crippen molar-refractivity contribution in [2.75, 3.05) is 0 Å². The molecule has 21 heavy (non-hydrogen) atoms. The van der Waals surface area contributed by atoms with Gasteiger partial charge in [0.05, 0.1) is 10.9 Å². The molecule has 2 aromatic rings. The van der Waals surface area contributed by atoms with Gasteiger partial charge in [-0.15, -0.1) is 0 Å². The molecule has 0 aromatic heterocycles. The zero-order valence-corrected chi connectivity index (χ0v) is 13.1. The first kappa shape index (κ1) is 14.1. The second kappa shape index (κ2) is 6.72. The maximum absolute atomic E-state index is 5.69. The molecule has 0 saturated heterocycles. The molecule has 3 atom stereocenters. The average Bonchev–Trinajstić information content (AvgIpc) is 2.56. The Kier molecular flexibility index (Phi) is 4.51. The third-order valence-electron chi connectivity index (χ3n) is 3.47. The van der Waals surface area contributed by atoms with Crippen molar-refractivity contribution in [2.24, 2.45) is 4.99 Å². The smallest absolute Gasteiger partial charge is 0.171 e. The number of nitrogens with zero attached hydrogens (tertiary/aromatic N) is 1. The summed E-state index contributed by atoms with van der Waals surface area (Å²) in [6.07, 6.45) is 5.76. The van der Waals surface area contributed by atoms with E-state index in [2.05, 4.69) is 57.3 Å². The van der Waals surface area contributed by atoms with E-state index in [1.165, 1.54) is 5.56 Å². The average molecular weight is 342 g/mol. The van der Waals surface area contributed by atoms with E-state index in [0.29, 0.717) is 0 Å². The maximum atomic E-state index is 5.69. The first-order valence-corrected chi connectivity index (χ1v) is 7.85. The van der Waals surface area contributed by atoms with Crippen LogP contribution in [0.1, 0.15) is 17.2 Å². The Balaban J connectivity index is 1.77. The summed E-state index contributed by atoms with van der Waals surface area (Å²) in [5, 5.41) is 0. The zero-order chi connectivity index (χ0) is 14.5. The number of ether oxygens (including phenoxy) is 1. The minimum Gasteiger partial charge on any atom is -0.474 e. The molecule has 2 aromatic carbocycles. The van der Waals surface area contributed by atoms with Crippen LogP contribution >= 0.6 is 15.9 Å². The number of rotatable bonds is 3. The Bertz CT molecular complexity index is 624. The lowest BCUT2D eigenvalue weighted by atomic mass is 10.0. The molecule has 0 fully saturated rings. The van der Waals surface area contributed by atoms with Crippen LogP contribution in [0.5, 0.6) is 0 Å². The first-order chi connectivity index (χ1) is 10.3. The van der Waals surface area contributed by atoms with E-state index in [1.54, 1.807) is 6.40 Å². The molecule has 1 aliphatic heterocycles. The van der Waals surface area contributed by atoms with Gasteiger partial charge in [-0.2, -0.15) is 0 Å². The number of hydrogen-bond donors (Lipinski definition) is 0. The van der Waals surface area contributed by atoms with Gasteiger partial charge in [0.2, 0.25) is 0 Å². The standard InChI is InChI=1S/C18H16BrNO/c19-17-16(12-11-14-7-3-1-4-8-14)20-13-21-18(17)15-9-5-2-6-10-15/h1-13,16-18H/b12-11+/t16-,17-,18+/m0/s1. The van der Waals surface area contributed by atoms with Crippen LogP contribution in [0.15, 0.2) is 71.7 Å². The molecular formula is C18H16BrNO. The predicted octanol–water partition coefficient (Wildman–Crippen LogP) is 4.63. The van der Waals surface area contributed by atoms with Gasteiger partial charge in [0.25, 0.3) is 0 Å². The van der Waals surface area contributed by atoms with Crippen LogP contribution in [-0.2, 0) is 4.74 Å². The Morgan fingerprint density at radius 2 is 1.62 bits per heavy atom. The molecule has 1 heterocycles. The second-order valence-electron chi connectivity index (χ2n) is 4.93. The number of benzene rings is 2. The molecule has 106 valence electrons. The van der Waals surface area contributed by atoms with E-state index in [-0.39, 0.29) is 17.0 Å². The lowest BCUT2D eigenvalue weighted by Gasteiger charge is -2.29. The van der Waals surface area contributed by atoms with E-state index in [9.17, 15) is 0 Å².